The minimum absolute atomic E-state index is 0.294. The quantitative estimate of drug-likeness (QED) is 0.155. The summed E-state index contributed by atoms with van der Waals surface area (Å²) in [5.74, 6) is 0. The highest BCUT2D eigenvalue weighted by atomic mass is 15.1. The van der Waals surface area contributed by atoms with Crippen LogP contribution in [0.5, 0.6) is 0 Å². The number of hydrogen-bond donors (Lipinski definition) is 0. The molecule has 10 aromatic rings. The van der Waals surface area contributed by atoms with E-state index in [1.54, 1.807) is 0 Å². The molecule has 0 amide bonds. The van der Waals surface area contributed by atoms with Crippen LogP contribution in [0.3, 0.4) is 0 Å². The van der Waals surface area contributed by atoms with E-state index in [2.05, 4.69) is 233 Å². The Balaban J connectivity index is 1.18. The lowest BCUT2D eigenvalue weighted by Crippen LogP contribution is -2.17. The number of anilines is 6. The highest BCUT2D eigenvalue weighted by Crippen LogP contribution is 2.58. The van der Waals surface area contributed by atoms with Gasteiger partial charge in [0, 0.05) is 39.5 Å². The molecular weight excluding hydrogens is 737 g/mol. The van der Waals surface area contributed by atoms with Crippen LogP contribution in [0.4, 0.5) is 34.1 Å². The second-order valence-corrected chi connectivity index (χ2v) is 17.7. The molecule has 1 aliphatic carbocycles. The molecule has 0 atom stereocenters. The lowest BCUT2D eigenvalue weighted by Gasteiger charge is -2.29. The van der Waals surface area contributed by atoms with Crippen molar-refractivity contribution in [3.8, 4) is 11.1 Å². The Morgan fingerprint density at radius 1 is 0.328 bits per heavy atom. The van der Waals surface area contributed by atoms with Crippen molar-refractivity contribution < 1.29 is 0 Å². The lowest BCUT2D eigenvalue weighted by atomic mass is 9.77. The van der Waals surface area contributed by atoms with Crippen LogP contribution in [-0.4, -0.2) is 0 Å². The molecule has 0 saturated heterocycles. The SMILES string of the molecule is Cc1cccc(N(c2cccc(C)c2)c2ccc3c(c2)C(C)(C)c2c-3c3ccccc3c3c4ccc(N(c5cccc(C)c5)c5cccc(C)c5)cc4c4ccccc4c23)c1. The fraction of sp³-hybridized carbons (Fsp3) is 0.119. The number of rotatable bonds is 6. The molecule has 1 aliphatic rings. The van der Waals surface area contributed by atoms with Crippen LogP contribution in [0.15, 0.2) is 182 Å². The molecule has 0 heterocycles. The molecule has 0 saturated carbocycles. The molecular formula is C59H48N2. The summed E-state index contributed by atoms with van der Waals surface area (Å²) in [6.45, 7) is 13.6. The van der Waals surface area contributed by atoms with E-state index in [1.807, 2.05) is 0 Å². The minimum atomic E-state index is -0.294. The van der Waals surface area contributed by atoms with E-state index in [0.29, 0.717) is 0 Å². The van der Waals surface area contributed by atoms with E-state index in [4.69, 9.17) is 0 Å². The van der Waals surface area contributed by atoms with Crippen molar-refractivity contribution in [2.45, 2.75) is 47.0 Å². The van der Waals surface area contributed by atoms with Gasteiger partial charge in [0.15, 0.2) is 0 Å². The number of hydrogen-bond acceptors (Lipinski definition) is 2. The molecule has 61 heavy (non-hydrogen) atoms. The Kier molecular flexibility index (Phi) is 8.44. The number of aryl methyl sites for hydroxylation is 4. The van der Waals surface area contributed by atoms with Crippen LogP contribution in [0.1, 0.15) is 47.2 Å². The largest absolute Gasteiger partial charge is 0.310 e. The highest BCUT2D eigenvalue weighted by molar-refractivity contribution is 6.35. The average Bonchev–Trinajstić information content (AvgIpc) is 3.50. The molecule has 0 unspecified atom stereocenters. The first-order valence-electron chi connectivity index (χ1n) is 21.5. The van der Waals surface area contributed by atoms with Crippen molar-refractivity contribution in [3.05, 3.63) is 215 Å². The Hall–Kier alpha value is -7.16. The van der Waals surface area contributed by atoms with Crippen molar-refractivity contribution >= 4 is 77.2 Å². The van der Waals surface area contributed by atoms with Gasteiger partial charge in [-0.2, -0.15) is 0 Å². The van der Waals surface area contributed by atoms with Crippen molar-refractivity contribution in [3.63, 3.8) is 0 Å². The molecule has 11 rings (SSSR count). The Bertz CT molecular complexity index is 3320. The molecule has 0 fully saturated rings. The molecule has 2 nitrogen and oxygen atoms in total. The van der Waals surface area contributed by atoms with Gasteiger partial charge in [-0.1, -0.05) is 123 Å². The van der Waals surface area contributed by atoms with Crippen molar-refractivity contribution in [1.82, 2.24) is 0 Å². The molecule has 0 aromatic heterocycles. The van der Waals surface area contributed by atoms with Crippen molar-refractivity contribution in [2.24, 2.45) is 0 Å². The van der Waals surface area contributed by atoms with Crippen LogP contribution in [0, 0.1) is 27.7 Å². The number of nitrogens with zero attached hydrogens (tertiary/aromatic N) is 2. The summed E-state index contributed by atoms with van der Waals surface area (Å²) >= 11 is 0. The zero-order chi connectivity index (χ0) is 41.6. The van der Waals surface area contributed by atoms with Crippen molar-refractivity contribution in [2.75, 3.05) is 9.80 Å². The molecule has 294 valence electrons. The van der Waals surface area contributed by atoms with Crippen molar-refractivity contribution in [1.29, 1.82) is 0 Å². The first-order valence-corrected chi connectivity index (χ1v) is 21.5. The Labute approximate surface area is 359 Å². The van der Waals surface area contributed by atoms with Crippen LogP contribution in [0.25, 0.3) is 54.2 Å². The van der Waals surface area contributed by atoms with Gasteiger partial charge in [-0.25, -0.2) is 0 Å². The molecule has 0 aliphatic heterocycles. The molecule has 0 N–H and O–H groups in total. The van der Waals surface area contributed by atoms with E-state index < -0.39 is 0 Å². The fourth-order valence-electron chi connectivity index (χ4n) is 10.4. The second kappa shape index (κ2) is 14.0. The molecule has 10 aromatic carbocycles. The summed E-state index contributed by atoms with van der Waals surface area (Å²) in [6.07, 6.45) is 0. The lowest BCUT2D eigenvalue weighted by molar-refractivity contribution is 0.667. The zero-order valence-corrected chi connectivity index (χ0v) is 35.7. The molecule has 0 spiro atoms. The number of fused-ring (bicyclic) bond motifs is 13. The van der Waals surface area contributed by atoms with E-state index in [-0.39, 0.29) is 5.41 Å². The third-order valence-electron chi connectivity index (χ3n) is 13.1. The summed E-state index contributed by atoms with van der Waals surface area (Å²) in [5.41, 5.74) is 17.1. The first-order chi connectivity index (χ1) is 29.7. The Morgan fingerprint density at radius 3 is 1.25 bits per heavy atom. The monoisotopic (exact) mass is 784 g/mol. The fourth-order valence-corrected chi connectivity index (χ4v) is 10.4. The maximum Gasteiger partial charge on any atom is 0.0468 e. The van der Waals surface area contributed by atoms with Gasteiger partial charge >= 0.3 is 0 Å². The van der Waals surface area contributed by atoms with Crippen LogP contribution in [-0.2, 0) is 5.41 Å². The predicted octanol–water partition coefficient (Wildman–Crippen LogP) is 16.8. The average molecular weight is 785 g/mol. The topological polar surface area (TPSA) is 6.48 Å². The maximum absolute atomic E-state index is 2.47. The van der Waals surface area contributed by atoms with Gasteiger partial charge in [0.1, 0.15) is 0 Å². The molecule has 0 bridgehead atoms. The Morgan fingerprint density at radius 2 is 0.738 bits per heavy atom. The smallest absolute Gasteiger partial charge is 0.0468 e. The third kappa shape index (κ3) is 5.85. The van der Waals surface area contributed by atoms with Gasteiger partial charge in [-0.3, -0.25) is 0 Å². The van der Waals surface area contributed by atoms with E-state index in [0.717, 1.165) is 28.4 Å². The van der Waals surface area contributed by atoms with Gasteiger partial charge in [0.25, 0.3) is 0 Å². The summed E-state index contributed by atoms with van der Waals surface area (Å²) in [4.78, 5) is 4.83. The van der Waals surface area contributed by atoms with Gasteiger partial charge in [-0.15, -0.1) is 0 Å². The maximum atomic E-state index is 2.47. The standard InChI is InChI=1S/C59H48N2/c1-37-15-11-19-41(31-37)60(42-20-12-16-38(2)32-42)45-27-29-51-53(35-45)47-23-7-8-24-48(47)57-55(51)49-25-9-10-26-50(49)56-52-30-28-46(36-54(52)59(5,6)58(56)57)61(43-21-13-17-39(3)33-43)44-22-14-18-40(4)34-44/h7-36H,1-6H3. The van der Waals surface area contributed by atoms with E-state index in [1.165, 1.54) is 93.3 Å². The zero-order valence-electron chi connectivity index (χ0n) is 35.7. The summed E-state index contributed by atoms with van der Waals surface area (Å²) in [5, 5.41) is 10.4. The summed E-state index contributed by atoms with van der Waals surface area (Å²) in [6, 6.07) is 68.0. The van der Waals surface area contributed by atoms with E-state index in [9.17, 15) is 0 Å². The first kappa shape index (κ1) is 36.9. The highest BCUT2D eigenvalue weighted by Gasteiger charge is 2.40. The third-order valence-corrected chi connectivity index (χ3v) is 13.1. The minimum Gasteiger partial charge on any atom is -0.310 e. The normalized spacial score (nSPS) is 12.9. The summed E-state index contributed by atoms with van der Waals surface area (Å²) in [7, 11) is 0. The molecule has 0 radical (unpaired) electrons. The van der Waals surface area contributed by atoms with E-state index >= 15 is 0 Å². The number of benzene rings is 10. The van der Waals surface area contributed by atoms with Crippen LogP contribution in [0.2, 0.25) is 0 Å². The van der Waals surface area contributed by atoms with Gasteiger partial charge in [0.2, 0.25) is 0 Å². The molecule has 2 heteroatoms. The summed E-state index contributed by atoms with van der Waals surface area (Å²) < 4.78 is 0. The van der Waals surface area contributed by atoms with Gasteiger partial charge in [0.05, 0.1) is 0 Å². The van der Waals surface area contributed by atoms with Crippen LogP contribution >= 0.6 is 0 Å². The van der Waals surface area contributed by atoms with Crippen LogP contribution < -0.4 is 9.80 Å². The predicted molar refractivity (Wildman–Crippen MR) is 262 cm³/mol. The second-order valence-electron chi connectivity index (χ2n) is 17.7. The van der Waals surface area contributed by atoms with Gasteiger partial charge in [-0.05, 0) is 188 Å². The van der Waals surface area contributed by atoms with Gasteiger partial charge < -0.3 is 9.80 Å².